The fraction of sp³-hybridized carbons (Fsp3) is 0.923. The highest BCUT2D eigenvalue weighted by Gasteiger charge is 2.37. The zero-order valence-corrected chi connectivity index (χ0v) is 15.0. The van der Waals surface area contributed by atoms with Gasteiger partial charge in [-0.3, -0.25) is 4.79 Å². The van der Waals surface area contributed by atoms with E-state index in [2.05, 4.69) is 10.6 Å². The molecule has 0 aromatic heterocycles. The second kappa shape index (κ2) is 11.2. The topological polar surface area (TPSA) is 87.7 Å². The van der Waals surface area contributed by atoms with Gasteiger partial charge in [0.25, 0.3) is 0 Å². The normalized spacial score (nSPS) is 18.9. The van der Waals surface area contributed by atoms with Gasteiger partial charge in [-0.05, 0) is 19.3 Å². The molecule has 1 aliphatic rings. The van der Waals surface area contributed by atoms with Crippen molar-refractivity contribution in [2.45, 2.75) is 32.2 Å². The van der Waals surface area contributed by atoms with Gasteiger partial charge in [0.1, 0.15) is 6.04 Å². The summed E-state index contributed by atoms with van der Waals surface area (Å²) in [6.07, 6.45) is 1.91. The van der Waals surface area contributed by atoms with Crippen LogP contribution >= 0.6 is 12.4 Å². The molecule has 9 heteroatoms. The van der Waals surface area contributed by atoms with Crippen LogP contribution < -0.4 is 10.6 Å². The van der Waals surface area contributed by atoms with Gasteiger partial charge >= 0.3 is 0 Å². The van der Waals surface area contributed by atoms with Gasteiger partial charge in [-0.2, -0.15) is 4.31 Å². The molecule has 132 valence electrons. The Balaban J connectivity index is 0.00000441. The number of hydrogen-bond acceptors (Lipinski definition) is 5. The Bertz CT molecular complexity index is 420. The molecule has 1 heterocycles. The number of amides is 1. The van der Waals surface area contributed by atoms with E-state index in [-0.39, 0.29) is 24.1 Å². The van der Waals surface area contributed by atoms with E-state index in [9.17, 15) is 13.2 Å². The Morgan fingerprint density at radius 2 is 2.05 bits per heavy atom. The molecule has 1 aliphatic heterocycles. The van der Waals surface area contributed by atoms with Crippen molar-refractivity contribution in [3.8, 4) is 0 Å². The monoisotopic (exact) mass is 357 g/mol. The third-order valence-electron chi connectivity index (χ3n) is 3.41. The van der Waals surface area contributed by atoms with E-state index in [0.717, 1.165) is 13.0 Å². The summed E-state index contributed by atoms with van der Waals surface area (Å²) >= 11 is 0. The minimum absolute atomic E-state index is 0. The minimum Gasteiger partial charge on any atom is -0.383 e. The van der Waals surface area contributed by atoms with Crippen molar-refractivity contribution < 1.29 is 17.9 Å². The highest BCUT2D eigenvalue weighted by atomic mass is 35.5. The van der Waals surface area contributed by atoms with E-state index >= 15 is 0 Å². The molecule has 1 amide bonds. The Morgan fingerprint density at radius 1 is 1.32 bits per heavy atom. The molecular formula is C13H28ClN3O4S. The number of rotatable bonds is 10. The van der Waals surface area contributed by atoms with Gasteiger partial charge in [-0.1, -0.05) is 6.92 Å². The molecule has 1 unspecified atom stereocenters. The molecule has 22 heavy (non-hydrogen) atoms. The highest BCUT2D eigenvalue weighted by molar-refractivity contribution is 7.89. The van der Waals surface area contributed by atoms with Crippen molar-refractivity contribution in [3.05, 3.63) is 0 Å². The predicted octanol–water partition coefficient (Wildman–Crippen LogP) is -0.0354. The number of hydrogen-bond donors (Lipinski definition) is 2. The van der Waals surface area contributed by atoms with E-state index in [1.165, 1.54) is 4.31 Å². The number of carbonyl (C=O) groups is 1. The summed E-state index contributed by atoms with van der Waals surface area (Å²) < 4.78 is 30.5. The molecule has 2 N–H and O–H groups in total. The molecule has 1 rings (SSSR count). The number of sulfonamides is 1. The van der Waals surface area contributed by atoms with Crippen LogP contribution in [0.15, 0.2) is 0 Å². The van der Waals surface area contributed by atoms with Gasteiger partial charge in [-0.25, -0.2) is 8.42 Å². The average Bonchev–Trinajstić information content (AvgIpc) is 2.92. The lowest BCUT2D eigenvalue weighted by molar-refractivity contribution is -0.124. The highest BCUT2D eigenvalue weighted by Crippen LogP contribution is 2.21. The first-order valence-corrected chi connectivity index (χ1v) is 9.10. The van der Waals surface area contributed by atoms with Gasteiger partial charge in [0, 0.05) is 33.3 Å². The first-order valence-electron chi connectivity index (χ1n) is 7.49. The summed E-state index contributed by atoms with van der Waals surface area (Å²) in [7, 11) is -1.67. The van der Waals surface area contributed by atoms with Crippen LogP contribution in [0.3, 0.4) is 0 Å². The first kappa shape index (κ1) is 21.6. The summed E-state index contributed by atoms with van der Waals surface area (Å²) in [4.78, 5) is 12.1. The molecule has 1 fully saturated rings. The van der Waals surface area contributed by atoms with Crippen LogP contribution in [0.5, 0.6) is 0 Å². The predicted molar refractivity (Wildman–Crippen MR) is 88.8 cm³/mol. The molecule has 0 bridgehead atoms. The number of carbonyl (C=O) groups excluding carboxylic acids is 1. The average molecular weight is 358 g/mol. The van der Waals surface area contributed by atoms with E-state index in [1.807, 2.05) is 6.92 Å². The van der Waals surface area contributed by atoms with Crippen LogP contribution in [0.2, 0.25) is 0 Å². The quantitative estimate of drug-likeness (QED) is 0.536. The summed E-state index contributed by atoms with van der Waals surface area (Å²) in [5.74, 6) is -0.0873. The standard InChI is InChI=1S/C13H27N3O4S.ClH/c1-3-11-21(18,19)16-9-4-5-12(16)13(17)15-7-6-14-8-10-20-2;/h12,14H,3-11H2,1-2H3,(H,15,17);1H. The van der Waals surface area contributed by atoms with Crippen molar-refractivity contribution in [2.24, 2.45) is 0 Å². The van der Waals surface area contributed by atoms with Crippen LogP contribution in [0, 0.1) is 0 Å². The number of nitrogens with one attached hydrogen (secondary N) is 2. The second-order valence-corrected chi connectivity index (χ2v) is 7.16. The largest absolute Gasteiger partial charge is 0.383 e. The Morgan fingerprint density at radius 3 is 2.68 bits per heavy atom. The van der Waals surface area contributed by atoms with E-state index in [4.69, 9.17) is 4.74 Å². The molecule has 0 aromatic rings. The van der Waals surface area contributed by atoms with Crippen LogP contribution in [-0.2, 0) is 19.6 Å². The molecule has 7 nitrogen and oxygen atoms in total. The number of methoxy groups -OCH3 is 1. The molecule has 0 radical (unpaired) electrons. The molecule has 0 aromatic carbocycles. The fourth-order valence-corrected chi connectivity index (χ4v) is 4.15. The van der Waals surface area contributed by atoms with Gasteiger partial charge < -0.3 is 15.4 Å². The lowest BCUT2D eigenvalue weighted by Crippen LogP contribution is -2.47. The maximum Gasteiger partial charge on any atom is 0.238 e. The maximum atomic E-state index is 12.1. The fourth-order valence-electron chi connectivity index (χ4n) is 2.40. The Labute approximate surface area is 139 Å². The van der Waals surface area contributed by atoms with E-state index in [1.54, 1.807) is 7.11 Å². The van der Waals surface area contributed by atoms with Gasteiger partial charge in [0.2, 0.25) is 15.9 Å². The van der Waals surface area contributed by atoms with Gasteiger partial charge in [0.05, 0.1) is 12.4 Å². The van der Waals surface area contributed by atoms with Gasteiger partial charge in [-0.15, -0.1) is 12.4 Å². The van der Waals surface area contributed by atoms with Crippen LogP contribution in [0.25, 0.3) is 0 Å². The summed E-state index contributed by atoms with van der Waals surface area (Å²) in [5.41, 5.74) is 0. The molecule has 1 atom stereocenters. The molecule has 0 spiro atoms. The summed E-state index contributed by atoms with van der Waals surface area (Å²) in [6.45, 7) is 4.76. The summed E-state index contributed by atoms with van der Waals surface area (Å²) in [5, 5.41) is 5.92. The van der Waals surface area contributed by atoms with Crippen molar-refractivity contribution in [1.29, 1.82) is 0 Å². The Hall–Kier alpha value is -0.410. The van der Waals surface area contributed by atoms with Crippen LogP contribution in [0.4, 0.5) is 0 Å². The molecule has 0 saturated carbocycles. The van der Waals surface area contributed by atoms with Crippen molar-refractivity contribution in [3.63, 3.8) is 0 Å². The summed E-state index contributed by atoms with van der Waals surface area (Å²) in [6, 6.07) is -0.541. The zero-order chi connectivity index (χ0) is 15.7. The maximum absolute atomic E-state index is 12.1. The number of ether oxygens (including phenoxy) is 1. The lowest BCUT2D eigenvalue weighted by atomic mass is 10.2. The van der Waals surface area contributed by atoms with Crippen LogP contribution in [-0.4, -0.2) is 70.3 Å². The Kier molecular flexibility index (Phi) is 11.0. The number of nitrogens with zero attached hydrogens (tertiary/aromatic N) is 1. The minimum atomic E-state index is -3.31. The molecule has 1 saturated heterocycles. The third kappa shape index (κ3) is 6.78. The van der Waals surface area contributed by atoms with Crippen molar-refractivity contribution in [1.82, 2.24) is 14.9 Å². The zero-order valence-electron chi connectivity index (χ0n) is 13.3. The SMILES string of the molecule is CCCS(=O)(=O)N1CCCC1C(=O)NCCNCCOC.Cl. The second-order valence-electron chi connectivity index (χ2n) is 5.12. The van der Waals surface area contributed by atoms with E-state index < -0.39 is 16.1 Å². The molecular weight excluding hydrogens is 330 g/mol. The van der Waals surface area contributed by atoms with Crippen molar-refractivity contribution >= 4 is 28.3 Å². The number of halogens is 1. The van der Waals surface area contributed by atoms with Crippen molar-refractivity contribution in [2.75, 3.05) is 45.6 Å². The van der Waals surface area contributed by atoms with E-state index in [0.29, 0.717) is 39.1 Å². The molecule has 0 aliphatic carbocycles. The van der Waals surface area contributed by atoms with Crippen LogP contribution in [0.1, 0.15) is 26.2 Å². The first-order chi connectivity index (χ1) is 10.0. The van der Waals surface area contributed by atoms with Gasteiger partial charge in [0.15, 0.2) is 0 Å². The third-order valence-corrected chi connectivity index (χ3v) is 5.49. The lowest BCUT2D eigenvalue weighted by Gasteiger charge is -2.23. The smallest absolute Gasteiger partial charge is 0.238 e.